The second kappa shape index (κ2) is 15.9. The molecule has 4 atom stereocenters. The lowest BCUT2D eigenvalue weighted by Gasteiger charge is -2.35. The summed E-state index contributed by atoms with van der Waals surface area (Å²) >= 11 is 0. The van der Waals surface area contributed by atoms with Gasteiger partial charge in [-0.15, -0.1) is 0 Å². The molecule has 1 aromatic rings. The number of aromatic nitrogens is 1. The summed E-state index contributed by atoms with van der Waals surface area (Å²) in [5, 5.41) is 12.3. The number of hydrazine groups is 1. The van der Waals surface area contributed by atoms with Crippen LogP contribution in [-0.4, -0.2) is 39.4 Å². The third-order valence-electron chi connectivity index (χ3n) is 7.85. The lowest BCUT2D eigenvalue weighted by Crippen LogP contribution is -2.46. The van der Waals surface area contributed by atoms with Crippen LogP contribution in [0.15, 0.2) is 36.7 Å². The highest BCUT2D eigenvalue weighted by atomic mass is 16.3. The molecular formula is C30H47N3O3. The number of nitrogens with zero attached hydrogens (tertiary/aromatic N) is 2. The van der Waals surface area contributed by atoms with Crippen molar-refractivity contribution in [2.45, 2.75) is 115 Å². The van der Waals surface area contributed by atoms with Crippen molar-refractivity contribution < 1.29 is 14.7 Å². The van der Waals surface area contributed by atoms with Gasteiger partial charge < -0.3 is 5.11 Å². The van der Waals surface area contributed by atoms with Crippen molar-refractivity contribution in [1.29, 1.82) is 0 Å². The van der Waals surface area contributed by atoms with Crippen LogP contribution in [0.1, 0.15) is 115 Å². The van der Waals surface area contributed by atoms with Crippen LogP contribution in [0, 0.1) is 11.8 Å². The average molecular weight is 498 g/mol. The summed E-state index contributed by atoms with van der Waals surface area (Å²) in [5.74, 6) is 0.867. The fourth-order valence-electron chi connectivity index (χ4n) is 5.71. The molecule has 1 aliphatic carbocycles. The highest BCUT2D eigenvalue weighted by molar-refractivity contribution is 5.83. The first-order chi connectivity index (χ1) is 17.6. The maximum absolute atomic E-state index is 12.6. The number of carbonyl (C=O) groups is 2. The number of unbranched alkanes of at least 4 members (excludes halogenated alkanes) is 5. The van der Waals surface area contributed by atoms with Crippen molar-refractivity contribution in [3.63, 3.8) is 0 Å². The quantitative estimate of drug-likeness (QED) is 0.227. The molecule has 0 radical (unpaired) electrons. The van der Waals surface area contributed by atoms with Gasteiger partial charge in [-0.25, -0.2) is 5.01 Å². The lowest BCUT2D eigenvalue weighted by molar-refractivity contribution is -0.128. The summed E-state index contributed by atoms with van der Waals surface area (Å²) in [4.78, 5) is 29.2. The molecule has 0 spiro atoms. The summed E-state index contributed by atoms with van der Waals surface area (Å²) in [6.45, 7) is 3.05. The van der Waals surface area contributed by atoms with Crippen molar-refractivity contribution in [1.82, 2.24) is 15.4 Å². The largest absolute Gasteiger partial charge is 0.389 e. The molecule has 6 nitrogen and oxygen atoms in total. The van der Waals surface area contributed by atoms with Crippen LogP contribution in [0.25, 0.3) is 0 Å². The minimum absolute atomic E-state index is 0.0967. The normalized spacial score (nSPS) is 23.8. The van der Waals surface area contributed by atoms with Crippen molar-refractivity contribution in [2.75, 3.05) is 6.54 Å². The summed E-state index contributed by atoms with van der Waals surface area (Å²) in [6.07, 6.45) is 21.8. The predicted octanol–water partition coefficient (Wildman–Crippen LogP) is 6.07. The van der Waals surface area contributed by atoms with Crippen LogP contribution < -0.4 is 5.43 Å². The Bertz CT molecular complexity index is 813. The van der Waals surface area contributed by atoms with Gasteiger partial charge in [0.15, 0.2) is 0 Å². The van der Waals surface area contributed by atoms with E-state index in [-0.39, 0.29) is 29.9 Å². The van der Waals surface area contributed by atoms with Gasteiger partial charge in [0.1, 0.15) is 5.78 Å². The third kappa shape index (κ3) is 9.44. The highest BCUT2D eigenvalue weighted by Crippen LogP contribution is 2.34. The van der Waals surface area contributed by atoms with E-state index < -0.39 is 0 Å². The molecular weight excluding hydrogens is 450 g/mol. The summed E-state index contributed by atoms with van der Waals surface area (Å²) in [7, 11) is 0. The molecule has 200 valence electrons. The lowest BCUT2D eigenvalue weighted by atomic mass is 9.89. The van der Waals surface area contributed by atoms with Gasteiger partial charge in [0, 0.05) is 37.7 Å². The van der Waals surface area contributed by atoms with Gasteiger partial charge in [-0.2, -0.15) is 0 Å². The van der Waals surface area contributed by atoms with Gasteiger partial charge in [0.05, 0.1) is 12.1 Å². The molecule has 1 saturated heterocycles. The average Bonchev–Trinajstić information content (AvgIpc) is 3.25. The van der Waals surface area contributed by atoms with Crippen molar-refractivity contribution in [3.8, 4) is 0 Å². The number of hydrogen-bond donors (Lipinski definition) is 2. The number of rotatable bonds is 15. The number of nitrogens with one attached hydrogen (secondary N) is 1. The minimum Gasteiger partial charge on any atom is -0.389 e. The van der Waals surface area contributed by atoms with Crippen LogP contribution >= 0.6 is 0 Å². The Kier molecular flexibility index (Phi) is 12.6. The van der Waals surface area contributed by atoms with E-state index in [1.54, 1.807) is 6.20 Å². The molecule has 6 heteroatoms. The van der Waals surface area contributed by atoms with Crippen LogP contribution in [0.3, 0.4) is 0 Å². The molecule has 3 rings (SSSR count). The van der Waals surface area contributed by atoms with Crippen LogP contribution in [0.5, 0.6) is 0 Å². The maximum atomic E-state index is 12.6. The first kappa shape index (κ1) is 28.5. The first-order valence-corrected chi connectivity index (χ1v) is 14.4. The topological polar surface area (TPSA) is 82.5 Å². The molecule has 1 saturated carbocycles. The standard InChI is InChI=1S/C30H47N3O3/c1-2-3-6-13-26(34)19-17-24-18-20-29(35)27(24)14-7-4-5-8-16-30(36)32-33-22-10-9-15-28(33)25-12-11-21-31-23-25/h11-12,17,19,21,23-24,26-28,34H,2-10,13-16,18,20,22H2,1H3,(H,32,36)/t24-,26+,27-,28+/m1/s1. The molecule has 1 aromatic heterocycles. The van der Waals surface area contributed by atoms with E-state index in [1.165, 1.54) is 6.42 Å². The molecule has 2 N–H and O–H groups in total. The number of allylic oxidation sites excluding steroid dienone is 1. The number of Topliss-reactive ketones (excluding diaryl/α,β-unsaturated/α-hetero) is 1. The highest BCUT2D eigenvalue weighted by Gasteiger charge is 2.32. The zero-order chi connectivity index (χ0) is 25.6. The second-order valence-corrected chi connectivity index (χ2v) is 10.7. The number of piperidine rings is 1. The van der Waals surface area contributed by atoms with Gasteiger partial charge in [-0.05, 0) is 56.1 Å². The van der Waals surface area contributed by atoms with E-state index in [9.17, 15) is 14.7 Å². The zero-order valence-electron chi connectivity index (χ0n) is 22.2. The van der Waals surface area contributed by atoms with Crippen molar-refractivity contribution in [2.24, 2.45) is 11.8 Å². The Morgan fingerprint density at radius 2 is 2.06 bits per heavy atom. The molecule has 1 aliphatic heterocycles. The summed E-state index contributed by atoms with van der Waals surface area (Å²) in [6, 6.07) is 4.26. The van der Waals surface area contributed by atoms with Gasteiger partial charge in [0.25, 0.3) is 0 Å². The molecule has 0 unspecified atom stereocenters. The number of amides is 1. The Morgan fingerprint density at radius 3 is 2.86 bits per heavy atom. The smallest absolute Gasteiger partial charge is 0.234 e. The van der Waals surface area contributed by atoms with E-state index in [1.807, 2.05) is 18.3 Å². The molecule has 2 fully saturated rings. The number of aliphatic hydroxyl groups excluding tert-OH is 1. The second-order valence-electron chi connectivity index (χ2n) is 10.7. The zero-order valence-corrected chi connectivity index (χ0v) is 22.2. The number of aliphatic hydroxyl groups is 1. The van der Waals surface area contributed by atoms with Gasteiger partial charge >= 0.3 is 0 Å². The molecule has 0 aromatic carbocycles. The monoisotopic (exact) mass is 497 g/mol. The Balaban J connectivity index is 1.31. The Labute approximate surface area is 217 Å². The van der Waals surface area contributed by atoms with Crippen LogP contribution in [-0.2, 0) is 9.59 Å². The SMILES string of the molecule is CCCCC[C@H](O)C=C[C@@H]1CCC(=O)[C@@H]1CCCCCCC(=O)NN1CCCC[C@H]1c1cccnc1. The third-order valence-corrected chi connectivity index (χ3v) is 7.85. The molecule has 0 bridgehead atoms. The molecule has 1 amide bonds. The number of hydrogen-bond acceptors (Lipinski definition) is 5. The van der Waals surface area contributed by atoms with Crippen molar-refractivity contribution >= 4 is 11.7 Å². The Hall–Kier alpha value is -2.05. The van der Waals surface area contributed by atoms with Gasteiger partial charge in [-0.3, -0.25) is 20.0 Å². The summed E-state index contributed by atoms with van der Waals surface area (Å²) < 4.78 is 0. The van der Waals surface area contributed by atoms with Crippen LogP contribution in [0.2, 0.25) is 0 Å². The molecule has 2 heterocycles. The van der Waals surface area contributed by atoms with Gasteiger partial charge in [0.2, 0.25) is 5.91 Å². The summed E-state index contributed by atoms with van der Waals surface area (Å²) in [5.41, 5.74) is 4.31. The van der Waals surface area contributed by atoms with E-state index in [0.717, 1.165) is 89.2 Å². The fourth-order valence-corrected chi connectivity index (χ4v) is 5.71. The van der Waals surface area contributed by atoms with Crippen molar-refractivity contribution in [3.05, 3.63) is 42.2 Å². The van der Waals surface area contributed by atoms with Gasteiger partial charge in [-0.1, -0.05) is 70.1 Å². The van der Waals surface area contributed by atoms with Crippen LogP contribution in [0.4, 0.5) is 0 Å². The number of ketones is 1. The molecule has 36 heavy (non-hydrogen) atoms. The molecule has 2 aliphatic rings. The first-order valence-electron chi connectivity index (χ1n) is 14.4. The minimum atomic E-state index is -0.386. The predicted molar refractivity (Wildman–Crippen MR) is 144 cm³/mol. The van der Waals surface area contributed by atoms with E-state index >= 15 is 0 Å². The number of carbonyl (C=O) groups excluding carboxylic acids is 2. The van der Waals surface area contributed by atoms with E-state index in [2.05, 4.69) is 34.5 Å². The Morgan fingerprint density at radius 1 is 1.19 bits per heavy atom. The van der Waals surface area contributed by atoms with E-state index in [4.69, 9.17) is 0 Å². The maximum Gasteiger partial charge on any atom is 0.234 e. The fraction of sp³-hybridized carbons (Fsp3) is 0.700. The van der Waals surface area contributed by atoms with E-state index in [0.29, 0.717) is 18.6 Å². The number of pyridine rings is 1.